The highest BCUT2D eigenvalue weighted by atomic mass is 32.2. The molecular weight excluding hydrogens is 218 g/mol. The molecule has 0 aliphatic carbocycles. The molecule has 1 aromatic rings. The van der Waals surface area contributed by atoms with Gasteiger partial charge >= 0.3 is 0 Å². The molecule has 0 bridgehead atoms. The molecule has 1 N–H and O–H groups in total. The van der Waals surface area contributed by atoms with Crippen molar-refractivity contribution < 1.29 is 4.74 Å². The van der Waals surface area contributed by atoms with Gasteiger partial charge in [-0.25, -0.2) is 0 Å². The maximum atomic E-state index is 5.27. The van der Waals surface area contributed by atoms with Crippen LogP contribution in [0.1, 0.15) is 24.9 Å². The number of hydrogen-bond donors (Lipinski definition) is 1. The summed E-state index contributed by atoms with van der Waals surface area (Å²) >= 11 is 2.03. The van der Waals surface area contributed by atoms with E-state index in [9.17, 15) is 0 Å². The van der Waals surface area contributed by atoms with Crippen LogP contribution in [0.5, 0.6) is 5.75 Å². The molecular formula is C13H19NOS. The lowest BCUT2D eigenvalue weighted by molar-refractivity contribution is 0.412. The highest BCUT2D eigenvalue weighted by molar-refractivity contribution is 7.99. The second kappa shape index (κ2) is 5.60. The van der Waals surface area contributed by atoms with E-state index in [1.807, 2.05) is 17.8 Å². The molecule has 2 unspecified atom stereocenters. The van der Waals surface area contributed by atoms with Crippen LogP contribution >= 0.6 is 11.8 Å². The minimum absolute atomic E-state index is 0.456. The van der Waals surface area contributed by atoms with E-state index in [4.69, 9.17) is 4.74 Å². The second-order valence-corrected chi connectivity index (χ2v) is 5.41. The third-order valence-corrected chi connectivity index (χ3v) is 4.05. The highest BCUT2D eigenvalue weighted by Gasteiger charge is 2.18. The van der Waals surface area contributed by atoms with Crippen molar-refractivity contribution in [2.45, 2.75) is 25.4 Å². The Balaban J connectivity index is 2.14. The molecule has 3 heteroatoms. The van der Waals surface area contributed by atoms with E-state index in [-0.39, 0.29) is 0 Å². The van der Waals surface area contributed by atoms with Gasteiger partial charge in [0.1, 0.15) is 5.75 Å². The Morgan fingerprint density at radius 2 is 2.31 bits per heavy atom. The summed E-state index contributed by atoms with van der Waals surface area (Å²) in [4.78, 5) is 0. The van der Waals surface area contributed by atoms with Gasteiger partial charge in [0.05, 0.1) is 7.11 Å². The van der Waals surface area contributed by atoms with Crippen LogP contribution in [0.2, 0.25) is 0 Å². The van der Waals surface area contributed by atoms with E-state index in [0.717, 1.165) is 11.5 Å². The van der Waals surface area contributed by atoms with Gasteiger partial charge in [0.2, 0.25) is 0 Å². The van der Waals surface area contributed by atoms with Gasteiger partial charge in [-0.2, -0.15) is 11.8 Å². The highest BCUT2D eigenvalue weighted by Crippen LogP contribution is 2.26. The van der Waals surface area contributed by atoms with Crippen LogP contribution in [0.3, 0.4) is 0 Å². The van der Waals surface area contributed by atoms with Gasteiger partial charge in [-0.15, -0.1) is 0 Å². The summed E-state index contributed by atoms with van der Waals surface area (Å²) in [6.45, 7) is 2.26. The number of rotatable bonds is 2. The number of nitrogens with one attached hydrogen (secondary N) is 1. The summed E-state index contributed by atoms with van der Waals surface area (Å²) in [7, 11) is 1.72. The second-order valence-electron chi connectivity index (χ2n) is 4.26. The first-order chi connectivity index (χ1) is 7.79. The van der Waals surface area contributed by atoms with Gasteiger partial charge in [0.15, 0.2) is 0 Å². The van der Waals surface area contributed by atoms with Crippen molar-refractivity contribution in [2.24, 2.45) is 0 Å². The lowest BCUT2D eigenvalue weighted by atomic mass is 10.1. The van der Waals surface area contributed by atoms with Gasteiger partial charge in [-0.05, 0) is 36.8 Å². The summed E-state index contributed by atoms with van der Waals surface area (Å²) in [5, 5.41) is 3.67. The number of hydrogen-bond acceptors (Lipinski definition) is 3. The molecule has 1 heterocycles. The Morgan fingerprint density at radius 1 is 1.44 bits per heavy atom. The SMILES string of the molecule is COc1cccc(C2CSCCC(C)N2)c1. The molecule has 0 aromatic heterocycles. The summed E-state index contributed by atoms with van der Waals surface area (Å²) in [6.07, 6.45) is 1.26. The maximum Gasteiger partial charge on any atom is 0.119 e. The van der Waals surface area contributed by atoms with E-state index in [1.165, 1.54) is 17.7 Å². The van der Waals surface area contributed by atoms with Crippen molar-refractivity contribution in [3.63, 3.8) is 0 Å². The third kappa shape index (κ3) is 2.92. The van der Waals surface area contributed by atoms with E-state index in [0.29, 0.717) is 12.1 Å². The molecule has 2 nitrogen and oxygen atoms in total. The van der Waals surface area contributed by atoms with Crippen molar-refractivity contribution in [2.75, 3.05) is 18.6 Å². The van der Waals surface area contributed by atoms with E-state index in [1.54, 1.807) is 7.11 Å². The molecule has 1 aliphatic heterocycles. The first kappa shape index (κ1) is 11.8. The summed E-state index contributed by atoms with van der Waals surface area (Å²) < 4.78 is 5.27. The van der Waals surface area contributed by atoms with Gasteiger partial charge in [0.25, 0.3) is 0 Å². The minimum atomic E-state index is 0.456. The molecule has 2 atom stereocenters. The van der Waals surface area contributed by atoms with Crippen LogP contribution in [-0.2, 0) is 0 Å². The fourth-order valence-electron chi connectivity index (χ4n) is 1.99. The Hall–Kier alpha value is -0.670. The van der Waals surface area contributed by atoms with Crippen molar-refractivity contribution in [3.05, 3.63) is 29.8 Å². The van der Waals surface area contributed by atoms with Crippen molar-refractivity contribution >= 4 is 11.8 Å². The standard InChI is InChI=1S/C13H19NOS/c1-10-6-7-16-9-13(14-10)11-4-3-5-12(8-11)15-2/h3-5,8,10,13-14H,6-7,9H2,1-2H3. The number of methoxy groups -OCH3 is 1. The zero-order valence-corrected chi connectivity index (χ0v) is 10.7. The fourth-order valence-corrected chi connectivity index (χ4v) is 3.20. The quantitative estimate of drug-likeness (QED) is 0.854. The lowest BCUT2D eigenvalue weighted by Gasteiger charge is -2.20. The molecule has 1 aromatic carbocycles. The fraction of sp³-hybridized carbons (Fsp3) is 0.538. The molecule has 1 saturated heterocycles. The number of thioether (sulfide) groups is 1. The zero-order valence-electron chi connectivity index (χ0n) is 9.90. The van der Waals surface area contributed by atoms with Gasteiger partial charge in [-0.1, -0.05) is 12.1 Å². The van der Waals surface area contributed by atoms with Gasteiger partial charge in [0, 0.05) is 17.8 Å². The van der Waals surface area contributed by atoms with Crippen molar-refractivity contribution in [1.29, 1.82) is 0 Å². The van der Waals surface area contributed by atoms with E-state index < -0.39 is 0 Å². The van der Waals surface area contributed by atoms with Crippen LogP contribution in [0.25, 0.3) is 0 Å². The normalized spacial score (nSPS) is 26.1. The number of ether oxygens (including phenoxy) is 1. The predicted octanol–water partition coefficient (Wildman–Crippen LogP) is 2.85. The third-order valence-electron chi connectivity index (χ3n) is 2.96. The van der Waals surface area contributed by atoms with Crippen LogP contribution < -0.4 is 10.1 Å². The Morgan fingerprint density at radius 3 is 3.12 bits per heavy atom. The molecule has 0 spiro atoms. The summed E-state index contributed by atoms with van der Waals surface area (Å²) in [6, 6.07) is 9.44. The average Bonchev–Trinajstić information content (AvgIpc) is 2.54. The van der Waals surface area contributed by atoms with Gasteiger partial charge < -0.3 is 10.1 Å². The first-order valence-corrected chi connectivity index (χ1v) is 6.93. The summed E-state index contributed by atoms with van der Waals surface area (Å²) in [5.74, 6) is 3.35. The van der Waals surface area contributed by atoms with Crippen LogP contribution in [0, 0.1) is 0 Å². The predicted molar refractivity (Wildman–Crippen MR) is 70.3 cm³/mol. The molecule has 88 valence electrons. The first-order valence-electron chi connectivity index (χ1n) is 5.77. The molecule has 0 saturated carbocycles. The molecule has 16 heavy (non-hydrogen) atoms. The average molecular weight is 237 g/mol. The van der Waals surface area contributed by atoms with E-state index >= 15 is 0 Å². The molecule has 2 rings (SSSR count). The summed E-state index contributed by atoms with van der Waals surface area (Å²) in [5.41, 5.74) is 1.33. The van der Waals surface area contributed by atoms with Crippen LogP contribution in [0.15, 0.2) is 24.3 Å². The van der Waals surface area contributed by atoms with Crippen molar-refractivity contribution in [1.82, 2.24) is 5.32 Å². The van der Waals surface area contributed by atoms with E-state index in [2.05, 4.69) is 30.4 Å². The Labute approximate surface area is 102 Å². The maximum absolute atomic E-state index is 5.27. The number of benzene rings is 1. The van der Waals surface area contributed by atoms with Crippen molar-refractivity contribution in [3.8, 4) is 5.75 Å². The van der Waals surface area contributed by atoms with Gasteiger partial charge in [-0.3, -0.25) is 0 Å². The lowest BCUT2D eigenvalue weighted by Crippen LogP contribution is -2.30. The minimum Gasteiger partial charge on any atom is -0.497 e. The smallest absolute Gasteiger partial charge is 0.119 e. The molecule has 0 amide bonds. The molecule has 1 aliphatic rings. The monoisotopic (exact) mass is 237 g/mol. The zero-order chi connectivity index (χ0) is 11.4. The Kier molecular flexibility index (Phi) is 4.13. The Bertz CT molecular complexity index is 342. The van der Waals surface area contributed by atoms with Crippen LogP contribution in [0.4, 0.5) is 0 Å². The topological polar surface area (TPSA) is 21.3 Å². The molecule has 0 radical (unpaired) electrons. The molecule has 1 fully saturated rings. The largest absolute Gasteiger partial charge is 0.497 e. The van der Waals surface area contributed by atoms with Crippen LogP contribution in [-0.4, -0.2) is 24.7 Å².